The Morgan fingerprint density at radius 1 is 0.308 bits per heavy atom. The first-order valence-electron chi connectivity index (χ1n) is 27.7. The van der Waals surface area contributed by atoms with Gasteiger partial charge in [0, 0.05) is 34.1 Å². The number of nitrogens with zero attached hydrogens (tertiary/aromatic N) is 2. The SMILES string of the molecule is [2H]c1c([2H])c([2H])c2c([2H])c3c(c([2H])c2c1[2H])B1c2c(cccc2N(c2ccc4c5ccccc5c5ccccc5c4c2)c2c1c([2H])c1c([2H])c([2H])c([2H])c([2H])c1c2[2H])N3c1ccc2c3ccccc3c3ccccc3c2c1. The van der Waals surface area contributed by atoms with Gasteiger partial charge >= 0.3 is 0 Å². The minimum atomic E-state index is -1.17. The van der Waals surface area contributed by atoms with Crippen LogP contribution in [-0.4, -0.2) is 6.71 Å². The van der Waals surface area contributed by atoms with Gasteiger partial charge in [-0.05, 0) is 151 Å². The number of hydrogen-bond acceptors (Lipinski definition) is 2. The van der Waals surface area contributed by atoms with Gasteiger partial charge in [-0.2, -0.15) is 0 Å². The van der Waals surface area contributed by atoms with E-state index in [-0.39, 0.29) is 68.0 Å². The van der Waals surface area contributed by atoms with Crippen LogP contribution in [0.2, 0.25) is 0 Å². The largest absolute Gasteiger partial charge is 0.311 e. The normalized spacial score (nSPS) is 15.7. The minimum Gasteiger partial charge on any atom is -0.311 e. The van der Waals surface area contributed by atoms with Crippen LogP contribution < -0.4 is 26.2 Å². The molecule has 0 N–H and O–H groups in total. The molecule has 0 atom stereocenters. The van der Waals surface area contributed by atoms with Crippen molar-refractivity contribution in [2.45, 2.75) is 0 Å². The molecule has 13 aromatic rings. The van der Waals surface area contributed by atoms with Crippen molar-refractivity contribution in [1.82, 2.24) is 0 Å². The van der Waals surface area contributed by atoms with Crippen LogP contribution in [0, 0.1) is 0 Å². The van der Waals surface area contributed by atoms with Gasteiger partial charge in [-0.3, -0.25) is 0 Å². The molecule has 0 unspecified atom stereocenters. The molecule has 0 fully saturated rings. The van der Waals surface area contributed by atoms with Gasteiger partial charge in [0.1, 0.15) is 0 Å². The highest BCUT2D eigenvalue weighted by Gasteiger charge is 2.43. The first-order valence-corrected chi connectivity index (χ1v) is 21.7. The molecule has 2 aliphatic rings. The van der Waals surface area contributed by atoms with Gasteiger partial charge in [0.05, 0.1) is 16.4 Å². The van der Waals surface area contributed by atoms with E-state index in [1.807, 2.05) is 88.7 Å². The van der Waals surface area contributed by atoms with E-state index in [0.29, 0.717) is 28.2 Å². The summed E-state index contributed by atoms with van der Waals surface area (Å²) in [5.41, 5.74) is 3.47. The Kier molecular flexibility index (Phi) is 5.16. The number of fused-ring (bicyclic) bond motifs is 18. The maximum absolute atomic E-state index is 10.4. The third-order valence-electron chi connectivity index (χ3n) is 13.7. The second-order valence-corrected chi connectivity index (χ2v) is 17.0. The summed E-state index contributed by atoms with van der Waals surface area (Å²) in [4.78, 5) is 3.80. The summed E-state index contributed by atoms with van der Waals surface area (Å²) in [6.45, 7) is -1.17. The number of anilines is 6. The van der Waals surface area contributed by atoms with Crippen molar-refractivity contribution in [3.8, 4) is 0 Å². The summed E-state index contributed by atoms with van der Waals surface area (Å²) in [7, 11) is 0. The Balaban J connectivity index is 1.13. The Bertz CT molecular complexity index is 4570. The van der Waals surface area contributed by atoms with E-state index in [0.717, 1.165) is 64.6 Å². The number of rotatable bonds is 2. The lowest BCUT2D eigenvalue weighted by Crippen LogP contribution is -2.61. The topological polar surface area (TPSA) is 6.48 Å². The Hall–Kier alpha value is -8.40. The molecule has 13 aromatic carbocycles. The first-order chi connectivity index (χ1) is 37.3. The van der Waals surface area contributed by atoms with Crippen LogP contribution in [0.25, 0.3) is 86.2 Å². The highest BCUT2D eigenvalue weighted by atomic mass is 15.2. The molecular formula is C62H37BN2. The van der Waals surface area contributed by atoms with E-state index in [2.05, 4.69) is 72.8 Å². The standard InChI is InChI=1S/C62H37BN2/c1-3-16-40-34-60-56(32-38(40)14-1)63-57-33-39-15-2-4-17-41(39)35-61(57)65(43-29-31-53-49-23-8-6-19-45(49)47-21-10-12-25-51(47)55(53)37-43)59-27-13-26-58(62(59)63)64(60)42-28-30-52-48-22-7-5-18-44(48)46-20-9-11-24-50(46)54(52)36-42/h1-37H/i1D,2D,3D,4D,14D,15D,16D,17D,32D,33D,34D,35D. The average molecular weight is 833 g/mol. The van der Waals surface area contributed by atoms with Crippen molar-refractivity contribution >= 4 is 143 Å². The van der Waals surface area contributed by atoms with Crippen molar-refractivity contribution in [3.05, 3.63) is 224 Å². The van der Waals surface area contributed by atoms with E-state index in [9.17, 15) is 11.0 Å². The fraction of sp³-hybridized carbons (Fsp3) is 0. The van der Waals surface area contributed by atoms with Crippen molar-refractivity contribution in [2.24, 2.45) is 0 Å². The smallest absolute Gasteiger partial charge is 0.252 e. The minimum absolute atomic E-state index is 0.143. The molecule has 2 aliphatic heterocycles. The summed E-state index contributed by atoms with van der Waals surface area (Å²) in [6, 6.07) is 45.4. The van der Waals surface area contributed by atoms with Gasteiger partial charge < -0.3 is 9.80 Å². The molecule has 0 bridgehead atoms. The lowest BCUT2D eigenvalue weighted by molar-refractivity contribution is 1.26. The molecular weight excluding hydrogens is 784 g/mol. The molecule has 0 amide bonds. The third kappa shape index (κ3) is 4.84. The summed E-state index contributed by atoms with van der Waals surface area (Å²) in [5, 5.41) is 11.5. The van der Waals surface area contributed by atoms with E-state index >= 15 is 0 Å². The van der Waals surface area contributed by atoms with E-state index in [1.54, 1.807) is 0 Å². The average Bonchev–Trinajstić information content (AvgIpc) is 3.65. The molecule has 298 valence electrons. The van der Waals surface area contributed by atoms with Crippen LogP contribution in [0.3, 0.4) is 0 Å². The molecule has 2 nitrogen and oxygen atoms in total. The third-order valence-corrected chi connectivity index (χ3v) is 13.7. The summed E-state index contributed by atoms with van der Waals surface area (Å²) < 4.78 is 114. The van der Waals surface area contributed by atoms with Crippen molar-refractivity contribution < 1.29 is 16.4 Å². The zero-order valence-electron chi connectivity index (χ0n) is 46.4. The molecule has 0 saturated heterocycles. The number of hydrogen-bond donors (Lipinski definition) is 0. The second kappa shape index (κ2) is 13.1. The molecule has 0 spiro atoms. The maximum atomic E-state index is 10.4. The summed E-state index contributed by atoms with van der Waals surface area (Å²) >= 11 is 0. The van der Waals surface area contributed by atoms with Crippen LogP contribution >= 0.6 is 0 Å². The molecule has 3 heteroatoms. The van der Waals surface area contributed by atoms with Gasteiger partial charge in [0.25, 0.3) is 6.71 Å². The van der Waals surface area contributed by atoms with E-state index in [1.165, 1.54) is 0 Å². The zero-order valence-corrected chi connectivity index (χ0v) is 34.4. The predicted molar refractivity (Wildman–Crippen MR) is 281 cm³/mol. The lowest BCUT2D eigenvalue weighted by atomic mass is 9.33. The van der Waals surface area contributed by atoms with Crippen molar-refractivity contribution in [2.75, 3.05) is 9.80 Å². The predicted octanol–water partition coefficient (Wildman–Crippen LogP) is 15.0. The van der Waals surface area contributed by atoms with E-state index in [4.69, 9.17) is 5.48 Å². The van der Waals surface area contributed by atoms with Crippen LogP contribution in [0.4, 0.5) is 34.1 Å². The molecule has 0 saturated carbocycles. The van der Waals surface area contributed by atoms with Gasteiger partial charge in [-0.25, -0.2) is 0 Å². The molecule has 0 aliphatic carbocycles. The van der Waals surface area contributed by atoms with Gasteiger partial charge in [-0.15, -0.1) is 0 Å². The molecule has 0 aromatic heterocycles. The Labute approximate surface area is 392 Å². The van der Waals surface area contributed by atoms with Gasteiger partial charge in [0.2, 0.25) is 0 Å². The molecule has 15 rings (SSSR count). The Morgan fingerprint density at radius 2 is 0.631 bits per heavy atom. The van der Waals surface area contributed by atoms with Crippen molar-refractivity contribution in [1.29, 1.82) is 0 Å². The highest BCUT2D eigenvalue weighted by molar-refractivity contribution is 7.00. The van der Waals surface area contributed by atoms with Crippen molar-refractivity contribution in [3.63, 3.8) is 0 Å². The monoisotopic (exact) mass is 832 g/mol. The van der Waals surface area contributed by atoms with Crippen LogP contribution in [0.5, 0.6) is 0 Å². The van der Waals surface area contributed by atoms with Crippen LogP contribution in [-0.2, 0) is 0 Å². The first kappa shape index (κ1) is 25.6. The molecule has 0 radical (unpaired) electrons. The lowest BCUT2D eigenvalue weighted by Gasteiger charge is -2.44. The number of benzene rings is 13. The summed E-state index contributed by atoms with van der Waals surface area (Å²) in [5.74, 6) is 0. The fourth-order valence-corrected chi connectivity index (χ4v) is 11.0. The van der Waals surface area contributed by atoms with E-state index < -0.39 is 55.1 Å². The van der Waals surface area contributed by atoms with Gasteiger partial charge in [-0.1, -0.05) is 176 Å². The summed E-state index contributed by atoms with van der Waals surface area (Å²) in [6.07, 6.45) is 0. The van der Waals surface area contributed by atoms with Crippen LogP contribution in [0.15, 0.2) is 224 Å². The quantitative estimate of drug-likeness (QED) is 0.126. The van der Waals surface area contributed by atoms with Crippen LogP contribution in [0.1, 0.15) is 16.4 Å². The fourth-order valence-electron chi connectivity index (χ4n) is 11.0. The highest BCUT2D eigenvalue weighted by Crippen LogP contribution is 2.48. The Morgan fingerprint density at radius 3 is 1.00 bits per heavy atom. The maximum Gasteiger partial charge on any atom is 0.252 e. The molecule has 65 heavy (non-hydrogen) atoms. The zero-order chi connectivity index (χ0) is 52.8. The van der Waals surface area contributed by atoms with Gasteiger partial charge in [0.15, 0.2) is 0 Å². The molecule has 2 heterocycles. The second-order valence-electron chi connectivity index (χ2n) is 17.0.